The molecule has 1 aliphatic rings. The van der Waals surface area contributed by atoms with E-state index in [9.17, 15) is 23.1 Å². The lowest BCUT2D eigenvalue weighted by Gasteiger charge is -2.38. The van der Waals surface area contributed by atoms with Gasteiger partial charge >= 0.3 is 12.1 Å². The van der Waals surface area contributed by atoms with Crippen LogP contribution in [0.2, 0.25) is 13.1 Å². The van der Waals surface area contributed by atoms with Gasteiger partial charge in [0.2, 0.25) is 0 Å². The molecule has 198 valence electrons. The molecular formula is C27H41F3O4Si. The van der Waals surface area contributed by atoms with Gasteiger partial charge < -0.3 is 14.3 Å². The number of hydrogen-bond donors (Lipinski definition) is 1. The summed E-state index contributed by atoms with van der Waals surface area (Å²) in [5, 5.41) is 11.0. The molecule has 2 rings (SSSR count). The van der Waals surface area contributed by atoms with Gasteiger partial charge in [-0.25, -0.2) is 0 Å². The van der Waals surface area contributed by atoms with Crippen molar-refractivity contribution in [2.45, 2.75) is 90.8 Å². The van der Waals surface area contributed by atoms with Crippen molar-refractivity contribution in [1.29, 1.82) is 0 Å². The van der Waals surface area contributed by atoms with E-state index in [1.165, 1.54) is 12.1 Å². The molecule has 1 fully saturated rings. The SMILES string of the molecule is CCOC(=O)CC1(O)CCCC(C=CC(C(O[SiH](C)C)c2ccc(C(F)(F)F)cc2)C(C)(C)C)C1. The van der Waals surface area contributed by atoms with Crippen molar-refractivity contribution in [3.63, 3.8) is 0 Å². The first kappa shape index (κ1) is 29.6. The van der Waals surface area contributed by atoms with Gasteiger partial charge in [-0.3, -0.25) is 4.79 Å². The molecule has 0 bridgehead atoms. The largest absolute Gasteiger partial charge is 0.466 e. The topological polar surface area (TPSA) is 55.8 Å². The minimum absolute atomic E-state index is 0.00980. The van der Waals surface area contributed by atoms with Crippen molar-refractivity contribution in [3.8, 4) is 0 Å². The lowest BCUT2D eigenvalue weighted by molar-refractivity contribution is -0.150. The molecule has 0 radical (unpaired) electrons. The second-order valence-electron chi connectivity index (χ2n) is 11.1. The Morgan fingerprint density at radius 1 is 1.23 bits per heavy atom. The number of carbonyl (C=O) groups is 1. The fourth-order valence-corrected chi connectivity index (χ4v) is 5.75. The van der Waals surface area contributed by atoms with Crippen LogP contribution >= 0.6 is 0 Å². The molecule has 4 nitrogen and oxygen atoms in total. The van der Waals surface area contributed by atoms with Gasteiger partial charge in [-0.05, 0) is 74.7 Å². The molecule has 1 aromatic carbocycles. The zero-order valence-corrected chi connectivity index (χ0v) is 23.0. The fraction of sp³-hybridized carbons (Fsp3) is 0.667. The Kier molecular flexibility index (Phi) is 10.2. The van der Waals surface area contributed by atoms with Crippen LogP contribution in [-0.4, -0.2) is 32.3 Å². The highest BCUT2D eigenvalue weighted by molar-refractivity contribution is 6.48. The molecule has 0 saturated heterocycles. The minimum Gasteiger partial charge on any atom is -0.466 e. The third-order valence-corrected chi connectivity index (χ3v) is 7.38. The normalized spacial score (nSPS) is 23.5. The summed E-state index contributed by atoms with van der Waals surface area (Å²) in [5.74, 6) is -0.378. The van der Waals surface area contributed by atoms with E-state index in [2.05, 4.69) is 46.0 Å². The molecule has 1 aromatic rings. The summed E-state index contributed by atoms with van der Waals surface area (Å²) >= 11 is 0. The highest BCUT2D eigenvalue weighted by Crippen LogP contribution is 2.42. The number of halogens is 3. The second kappa shape index (κ2) is 12.1. The smallest absolute Gasteiger partial charge is 0.416 e. The average Bonchev–Trinajstić information content (AvgIpc) is 2.71. The molecule has 35 heavy (non-hydrogen) atoms. The van der Waals surface area contributed by atoms with Crippen molar-refractivity contribution in [2.75, 3.05) is 6.61 Å². The van der Waals surface area contributed by atoms with Crippen LogP contribution in [0.1, 0.15) is 77.0 Å². The number of allylic oxidation sites excluding steroid dienone is 1. The zero-order valence-electron chi connectivity index (χ0n) is 21.8. The number of ether oxygens (including phenoxy) is 1. The standard InChI is InChI=1S/C27H41F3O4Si/c1-7-33-23(31)18-26(32)16-8-9-19(17-26)10-15-22(25(2,3)4)24(34-35(5)6)20-11-13-21(14-12-20)27(28,29)30/h10-15,19,22,24,32,35H,7-9,16-18H2,1-6H3. The predicted molar refractivity (Wildman–Crippen MR) is 134 cm³/mol. The molecule has 1 aliphatic carbocycles. The Morgan fingerprint density at radius 2 is 1.86 bits per heavy atom. The molecule has 0 aliphatic heterocycles. The average molecular weight is 515 g/mol. The number of carbonyl (C=O) groups excluding carboxylic acids is 1. The van der Waals surface area contributed by atoms with Gasteiger partial charge in [0.1, 0.15) is 0 Å². The first-order valence-corrected chi connectivity index (χ1v) is 15.3. The Hall–Kier alpha value is -1.64. The van der Waals surface area contributed by atoms with Gasteiger partial charge in [0.05, 0.1) is 30.3 Å². The van der Waals surface area contributed by atoms with Crippen LogP contribution in [0.25, 0.3) is 0 Å². The van der Waals surface area contributed by atoms with Crippen molar-refractivity contribution in [2.24, 2.45) is 17.3 Å². The fourth-order valence-electron chi connectivity index (χ4n) is 4.84. The van der Waals surface area contributed by atoms with E-state index < -0.39 is 26.4 Å². The monoisotopic (exact) mass is 514 g/mol. The number of alkyl halides is 3. The molecule has 0 aromatic heterocycles. The maximum absolute atomic E-state index is 13.1. The van der Waals surface area contributed by atoms with Crippen LogP contribution in [0, 0.1) is 17.3 Å². The zero-order chi connectivity index (χ0) is 26.4. The molecule has 0 heterocycles. The first-order chi connectivity index (χ1) is 16.1. The predicted octanol–water partition coefficient (Wildman–Crippen LogP) is 6.84. The molecule has 8 heteroatoms. The Bertz CT molecular complexity index is 845. The Balaban J connectivity index is 2.30. The van der Waals surface area contributed by atoms with Crippen LogP contribution in [0.4, 0.5) is 13.2 Å². The minimum atomic E-state index is -4.38. The van der Waals surface area contributed by atoms with E-state index in [4.69, 9.17) is 9.16 Å². The summed E-state index contributed by atoms with van der Waals surface area (Å²) < 4.78 is 50.8. The van der Waals surface area contributed by atoms with Crippen molar-refractivity contribution < 1.29 is 32.2 Å². The lowest BCUT2D eigenvalue weighted by atomic mass is 9.73. The first-order valence-electron chi connectivity index (χ1n) is 12.5. The van der Waals surface area contributed by atoms with Crippen LogP contribution in [0.5, 0.6) is 0 Å². The summed E-state index contributed by atoms with van der Waals surface area (Å²) in [6.45, 7) is 12.4. The number of rotatable bonds is 9. The molecule has 1 N–H and O–H groups in total. The van der Waals surface area contributed by atoms with E-state index in [-0.39, 0.29) is 42.4 Å². The quantitative estimate of drug-likeness (QED) is 0.223. The van der Waals surface area contributed by atoms with E-state index >= 15 is 0 Å². The summed E-state index contributed by atoms with van der Waals surface area (Å²) in [6, 6.07) is 5.28. The van der Waals surface area contributed by atoms with Crippen LogP contribution in [-0.2, 0) is 20.1 Å². The van der Waals surface area contributed by atoms with Gasteiger partial charge in [0, 0.05) is 5.92 Å². The van der Waals surface area contributed by atoms with Gasteiger partial charge in [0.25, 0.3) is 0 Å². The number of esters is 1. The highest BCUT2D eigenvalue weighted by atomic mass is 28.3. The van der Waals surface area contributed by atoms with Gasteiger partial charge in [-0.1, -0.05) is 45.1 Å². The number of benzene rings is 1. The van der Waals surface area contributed by atoms with Crippen LogP contribution in [0.15, 0.2) is 36.4 Å². The highest BCUT2D eigenvalue weighted by Gasteiger charge is 2.38. The molecule has 1 saturated carbocycles. The molecule has 0 spiro atoms. The molecule has 4 unspecified atom stereocenters. The molecule has 4 atom stereocenters. The van der Waals surface area contributed by atoms with Gasteiger partial charge in [-0.15, -0.1) is 0 Å². The van der Waals surface area contributed by atoms with Gasteiger partial charge in [0.15, 0.2) is 9.04 Å². The summed E-state index contributed by atoms with van der Waals surface area (Å²) in [6.07, 6.45) is 2.21. The third-order valence-electron chi connectivity index (χ3n) is 6.54. The maximum Gasteiger partial charge on any atom is 0.416 e. The van der Waals surface area contributed by atoms with E-state index in [1.807, 2.05) is 0 Å². The number of hydrogen-bond acceptors (Lipinski definition) is 4. The van der Waals surface area contributed by atoms with Crippen molar-refractivity contribution >= 4 is 15.0 Å². The second-order valence-corrected chi connectivity index (χ2v) is 13.4. The number of aliphatic hydroxyl groups is 1. The van der Waals surface area contributed by atoms with Gasteiger partial charge in [-0.2, -0.15) is 13.2 Å². The third kappa shape index (κ3) is 9.06. The van der Waals surface area contributed by atoms with Crippen molar-refractivity contribution in [1.82, 2.24) is 0 Å². The van der Waals surface area contributed by atoms with E-state index in [1.54, 1.807) is 6.92 Å². The van der Waals surface area contributed by atoms with E-state index in [0.29, 0.717) is 12.8 Å². The lowest BCUT2D eigenvalue weighted by Crippen LogP contribution is -2.37. The molecule has 0 amide bonds. The summed E-state index contributed by atoms with van der Waals surface area (Å²) in [7, 11) is -1.52. The van der Waals surface area contributed by atoms with Crippen molar-refractivity contribution in [3.05, 3.63) is 47.5 Å². The van der Waals surface area contributed by atoms with Crippen LogP contribution < -0.4 is 0 Å². The Morgan fingerprint density at radius 3 is 2.37 bits per heavy atom. The summed E-state index contributed by atoms with van der Waals surface area (Å²) in [4.78, 5) is 12.0. The molecular weight excluding hydrogens is 473 g/mol. The maximum atomic E-state index is 13.1. The van der Waals surface area contributed by atoms with Crippen LogP contribution in [0.3, 0.4) is 0 Å². The van der Waals surface area contributed by atoms with E-state index in [0.717, 1.165) is 30.5 Å². The summed E-state index contributed by atoms with van der Waals surface area (Å²) in [5.41, 5.74) is -1.24. The Labute approximate surface area is 209 Å².